The summed E-state index contributed by atoms with van der Waals surface area (Å²) in [6, 6.07) is 28.1. The van der Waals surface area contributed by atoms with Crippen molar-refractivity contribution in [2.45, 2.75) is 13.2 Å². The molecule has 0 spiro atoms. The highest BCUT2D eigenvalue weighted by molar-refractivity contribution is 6.30. The number of aryl methyl sites for hydroxylation is 1. The Bertz CT molecular complexity index is 1680. The Morgan fingerprint density at radius 3 is 2.30 bits per heavy atom. The molecular weight excluding hydrogens is 503 g/mol. The second-order valence-electron chi connectivity index (χ2n) is 9.28. The molecule has 1 atom stereocenters. The molecule has 3 heterocycles. The number of nitrogens with one attached hydrogen (secondary N) is 2. The molecule has 0 saturated heterocycles. The molecule has 0 radical (unpaired) electrons. The SMILES string of the molecule is Cc1ccc(F)cc1N1C(n2cc(-c3ccncc3)cn2)=C(c2ccccc2)C(NN)=NC1Nc1ccccc1. The number of pyridine rings is 1. The van der Waals surface area contributed by atoms with Crippen LogP contribution >= 0.6 is 0 Å². The fraction of sp³-hybridized carbons (Fsp3) is 0.0645. The van der Waals surface area contributed by atoms with Crippen LogP contribution in [-0.4, -0.2) is 26.9 Å². The molecule has 1 unspecified atom stereocenters. The number of aliphatic imine (C=N–C) groups is 1. The molecule has 9 heteroatoms. The molecule has 5 aromatic rings. The zero-order chi connectivity index (χ0) is 27.5. The van der Waals surface area contributed by atoms with Crippen LogP contribution in [0.1, 0.15) is 11.1 Å². The van der Waals surface area contributed by atoms with Gasteiger partial charge in [-0.15, -0.1) is 0 Å². The number of halogens is 1. The number of aromatic nitrogens is 3. The Morgan fingerprint density at radius 1 is 0.850 bits per heavy atom. The van der Waals surface area contributed by atoms with E-state index in [1.165, 1.54) is 12.1 Å². The van der Waals surface area contributed by atoms with Crippen LogP contribution in [0.5, 0.6) is 0 Å². The number of nitrogens with zero attached hydrogens (tertiary/aromatic N) is 5. The first-order valence-corrected chi connectivity index (χ1v) is 12.8. The van der Waals surface area contributed by atoms with Crippen molar-refractivity contribution in [2.24, 2.45) is 10.8 Å². The van der Waals surface area contributed by atoms with Gasteiger partial charge in [-0.2, -0.15) is 5.10 Å². The molecule has 3 aromatic carbocycles. The van der Waals surface area contributed by atoms with Crippen molar-refractivity contribution < 1.29 is 4.39 Å². The predicted octanol–water partition coefficient (Wildman–Crippen LogP) is 5.50. The van der Waals surface area contributed by atoms with Crippen LogP contribution in [0.2, 0.25) is 0 Å². The van der Waals surface area contributed by atoms with Crippen molar-refractivity contribution in [1.29, 1.82) is 0 Å². The van der Waals surface area contributed by atoms with E-state index in [1.807, 2.05) is 90.8 Å². The molecule has 40 heavy (non-hydrogen) atoms. The van der Waals surface area contributed by atoms with Crippen LogP contribution in [0.4, 0.5) is 15.8 Å². The first kappa shape index (κ1) is 25.0. The van der Waals surface area contributed by atoms with Crippen LogP contribution in [0.25, 0.3) is 22.5 Å². The van der Waals surface area contributed by atoms with Crippen molar-refractivity contribution in [3.8, 4) is 11.1 Å². The highest BCUT2D eigenvalue weighted by atomic mass is 19.1. The minimum absolute atomic E-state index is 0.357. The lowest BCUT2D eigenvalue weighted by molar-refractivity contribution is 0.625. The van der Waals surface area contributed by atoms with Crippen LogP contribution in [0.15, 0.2) is 121 Å². The second-order valence-corrected chi connectivity index (χ2v) is 9.28. The molecular formula is C31H27FN8. The smallest absolute Gasteiger partial charge is 0.204 e. The summed E-state index contributed by atoms with van der Waals surface area (Å²) in [5.41, 5.74) is 8.60. The Hall–Kier alpha value is -5.28. The molecule has 0 amide bonds. The highest BCUT2D eigenvalue weighted by Gasteiger charge is 2.35. The number of hydrazine groups is 1. The van der Waals surface area contributed by atoms with Crippen molar-refractivity contribution in [3.63, 3.8) is 0 Å². The van der Waals surface area contributed by atoms with Gasteiger partial charge >= 0.3 is 0 Å². The molecule has 4 N–H and O–H groups in total. The monoisotopic (exact) mass is 530 g/mol. The second kappa shape index (κ2) is 10.8. The number of rotatable bonds is 6. The number of hydrogen-bond donors (Lipinski definition) is 3. The summed E-state index contributed by atoms with van der Waals surface area (Å²) in [6.07, 6.45) is 6.53. The molecule has 1 aliphatic rings. The number of nitrogens with two attached hydrogens (primary N) is 1. The maximum atomic E-state index is 14.8. The van der Waals surface area contributed by atoms with Crippen LogP contribution in [0, 0.1) is 12.7 Å². The Labute approximate surface area is 231 Å². The fourth-order valence-electron chi connectivity index (χ4n) is 4.79. The van der Waals surface area contributed by atoms with Crippen molar-refractivity contribution in [2.75, 3.05) is 10.2 Å². The van der Waals surface area contributed by atoms with E-state index < -0.39 is 6.29 Å². The Kier molecular flexibility index (Phi) is 6.78. The van der Waals surface area contributed by atoms with E-state index in [1.54, 1.807) is 29.3 Å². The van der Waals surface area contributed by atoms with E-state index in [0.717, 1.165) is 27.9 Å². The van der Waals surface area contributed by atoms with Crippen molar-refractivity contribution >= 4 is 28.6 Å². The maximum Gasteiger partial charge on any atom is 0.204 e. The number of hydrogen-bond acceptors (Lipinski definition) is 7. The highest BCUT2D eigenvalue weighted by Crippen LogP contribution is 2.38. The van der Waals surface area contributed by atoms with E-state index in [-0.39, 0.29) is 5.82 Å². The van der Waals surface area contributed by atoms with Crippen LogP contribution in [-0.2, 0) is 0 Å². The zero-order valence-corrected chi connectivity index (χ0v) is 21.7. The average molecular weight is 531 g/mol. The molecule has 0 fully saturated rings. The first-order valence-electron chi connectivity index (χ1n) is 12.8. The van der Waals surface area contributed by atoms with Gasteiger partial charge in [0.2, 0.25) is 6.29 Å². The van der Waals surface area contributed by atoms with E-state index in [0.29, 0.717) is 22.9 Å². The third kappa shape index (κ3) is 4.81. The van der Waals surface area contributed by atoms with E-state index in [4.69, 9.17) is 15.9 Å². The van der Waals surface area contributed by atoms with E-state index in [2.05, 4.69) is 15.7 Å². The normalized spacial score (nSPS) is 15.1. The average Bonchev–Trinajstić information content (AvgIpc) is 3.49. The lowest BCUT2D eigenvalue weighted by Crippen LogP contribution is -2.48. The third-order valence-corrected chi connectivity index (χ3v) is 6.70. The Morgan fingerprint density at radius 2 is 1.57 bits per heavy atom. The number of anilines is 2. The molecule has 0 aliphatic carbocycles. The van der Waals surface area contributed by atoms with Crippen LogP contribution in [0.3, 0.4) is 0 Å². The van der Waals surface area contributed by atoms with Gasteiger partial charge in [-0.25, -0.2) is 19.9 Å². The van der Waals surface area contributed by atoms with Gasteiger partial charge in [0, 0.05) is 29.8 Å². The topological polar surface area (TPSA) is 96.4 Å². The van der Waals surface area contributed by atoms with E-state index >= 15 is 0 Å². The minimum atomic E-state index is -0.690. The zero-order valence-electron chi connectivity index (χ0n) is 21.7. The molecule has 0 saturated carbocycles. The largest absolute Gasteiger partial charge is 0.346 e. The fourth-order valence-corrected chi connectivity index (χ4v) is 4.79. The summed E-state index contributed by atoms with van der Waals surface area (Å²) in [6.45, 7) is 1.94. The molecule has 2 aromatic heterocycles. The van der Waals surface area contributed by atoms with Gasteiger partial charge in [0.25, 0.3) is 0 Å². The summed E-state index contributed by atoms with van der Waals surface area (Å²) in [7, 11) is 0. The van der Waals surface area contributed by atoms with Gasteiger partial charge < -0.3 is 10.7 Å². The van der Waals surface area contributed by atoms with Gasteiger partial charge in [-0.3, -0.25) is 9.88 Å². The lowest BCUT2D eigenvalue weighted by Gasteiger charge is -2.39. The minimum Gasteiger partial charge on any atom is -0.346 e. The summed E-state index contributed by atoms with van der Waals surface area (Å²) >= 11 is 0. The summed E-state index contributed by atoms with van der Waals surface area (Å²) < 4.78 is 16.6. The van der Waals surface area contributed by atoms with Gasteiger partial charge in [-0.05, 0) is 60.0 Å². The molecule has 198 valence electrons. The standard InChI is InChI=1S/C31H27FN8/c1-21-12-13-25(32)18-27(21)40-30(39-20-24(19-35-39)22-14-16-34-17-15-22)28(23-8-4-2-5-9-23)29(38-33)37-31(40)36-26-10-6-3-7-11-26/h2-20,31,36H,33H2,1H3,(H,37,38). The first-order chi connectivity index (χ1) is 19.6. The van der Waals surface area contributed by atoms with Gasteiger partial charge in [-0.1, -0.05) is 54.6 Å². The lowest BCUT2D eigenvalue weighted by atomic mass is 10.0. The van der Waals surface area contributed by atoms with Crippen molar-refractivity contribution in [3.05, 3.63) is 133 Å². The predicted molar refractivity (Wildman–Crippen MR) is 157 cm³/mol. The summed E-state index contributed by atoms with van der Waals surface area (Å²) in [4.78, 5) is 11.1. The molecule has 8 nitrogen and oxygen atoms in total. The van der Waals surface area contributed by atoms with Gasteiger partial charge in [0.05, 0.1) is 17.5 Å². The molecule has 1 aliphatic heterocycles. The van der Waals surface area contributed by atoms with Crippen molar-refractivity contribution in [1.82, 2.24) is 20.2 Å². The molecule has 0 bridgehead atoms. The van der Waals surface area contributed by atoms with Crippen LogP contribution < -0.4 is 21.5 Å². The number of benzene rings is 3. The third-order valence-electron chi connectivity index (χ3n) is 6.70. The maximum absolute atomic E-state index is 14.8. The van der Waals surface area contributed by atoms with Gasteiger partial charge in [0.15, 0.2) is 5.84 Å². The van der Waals surface area contributed by atoms with Gasteiger partial charge in [0.1, 0.15) is 11.6 Å². The summed E-state index contributed by atoms with van der Waals surface area (Å²) in [5.74, 6) is 6.86. The number of amidine groups is 1. The van der Waals surface area contributed by atoms with E-state index in [9.17, 15) is 4.39 Å². The quantitative estimate of drug-likeness (QED) is 0.198. The summed E-state index contributed by atoms with van der Waals surface area (Å²) in [5, 5.41) is 8.27. The Balaban J connectivity index is 1.62. The number of para-hydroxylation sites is 1. The molecule has 6 rings (SSSR count).